The molecular weight excluding hydrogens is 268 g/mol. The molecule has 2 unspecified atom stereocenters. The van der Waals surface area contributed by atoms with E-state index in [1.165, 1.54) is 0 Å². The van der Waals surface area contributed by atoms with Crippen molar-refractivity contribution in [1.82, 2.24) is 14.9 Å². The van der Waals surface area contributed by atoms with E-state index in [4.69, 9.17) is 10.5 Å². The third kappa shape index (κ3) is 3.14. The number of nitrogens with one attached hydrogen (secondary N) is 2. The number of hydrogen-bond donors (Lipinski definition) is 3. The summed E-state index contributed by atoms with van der Waals surface area (Å²) in [5, 5.41) is 6.53. The Hall–Kier alpha value is -0.960. The van der Waals surface area contributed by atoms with Crippen molar-refractivity contribution in [1.29, 1.82) is 0 Å². The Morgan fingerprint density at radius 2 is 2.32 bits per heavy atom. The molecule has 8 heteroatoms. The molecule has 108 valence electrons. The predicted octanol–water partition coefficient (Wildman–Crippen LogP) is 0.0226. The smallest absolute Gasteiger partial charge is 0.260 e. The van der Waals surface area contributed by atoms with Crippen molar-refractivity contribution < 1.29 is 13.2 Å². The van der Waals surface area contributed by atoms with E-state index in [1.807, 2.05) is 6.92 Å². The number of aromatic nitrogens is 2. The summed E-state index contributed by atoms with van der Waals surface area (Å²) < 4.78 is 32.7. The topological polar surface area (TPSA) is 110 Å². The molecule has 2 heterocycles. The van der Waals surface area contributed by atoms with Gasteiger partial charge in [0.05, 0.1) is 6.10 Å². The van der Waals surface area contributed by atoms with E-state index in [2.05, 4.69) is 14.9 Å². The van der Waals surface area contributed by atoms with Gasteiger partial charge in [-0.3, -0.25) is 5.10 Å². The standard InChI is InChI=1S/C11H20N4O3S/c1-7-5-9(3-4-18-7)15-19(16,17)11-10(6-12)8(2)13-14-11/h7,9,15H,3-6,12H2,1-2H3,(H,13,14). The number of nitrogens with zero attached hydrogens (tertiary/aromatic N) is 1. The number of H-pyrrole nitrogens is 1. The van der Waals surface area contributed by atoms with Crippen LogP contribution in [0.3, 0.4) is 0 Å². The summed E-state index contributed by atoms with van der Waals surface area (Å²) in [6.07, 6.45) is 1.40. The van der Waals surface area contributed by atoms with Gasteiger partial charge in [-0.05, 0) is 26.7 Å². The Morgan fingerprint density at radius 3 is 2.95 bits per heavy atom. The first-order chi connectivity index (χ1) is 8.94. The van der Waals surface area contributed by atoms with Crippen LogP contribution >= 0.6 is 0 Å². The van der Waals surface area contributed by atoms with Gasteiger partial charge in [-0.15, -0.1) is 0 Å². The maximum Gasteiger partial charge on any atom is 0.260 e. The monoisotopic (exact) mass is 288 g/mol. The van der Waals surface area contributed by atoms with Crippen molar-refractivity contribution in [3.05, 3.63) is 11.3 Å². The number of aryl methyl sites for hydroxylation is 1. The van der Waals surface area contributed by atoms with E-state index >= 15 is 0 Å². The Bertz CT molecular complexity index is 540. The van der Waals surface area contributed by atoms with E-state index in [1.54, 1.807) is 6.92 Å². The quantitative estimate of drug-likeness (QED) is 0.723. The normalized spacial score (nSPS) is 24.6. The van der Waals surface area contributed by atoms with Gasteiger partial charge in [0.2, 0.25) is 0 Å². The van der Waals surface area contributed by atoms with Crippen LogP contribution in [-0.2, 0) is 21.3 Å². The van der Waals surface area contributed by atoms with Crippen LogP contribution < -0.4 is 10.5 Å². The number of hydrogen-bond acceptors (Lipinski definition) is 5. The number of ether oxygens (including phenoxy) is 1. The summed E-state index contributed by atoms with van der Waals surface area (Å²) in [7, 11) is -3.63. The molecule has 1 aliphatic heterocycles. The molecule has 1 aromatic rings. The third-order valence-corrected chi connectivity index (χ3v) is 4.79. The SMILES string of the molecule is Cc1[nH]nc(S(=O)(=O)NC2CCOC(C)C2)c1CN. The Morgan fingerprint density at radius 1 is 1.58 bits per heavy atom. The molecule has 0 saturated carbocycles. The van der Waals surface area contributed by atoms with Crippen molar-refractivity contribution in [3.63, 3.8) is 0 Å². The molecule has 2 atom stereocenters. The van der Waals surface area contributed by atoms with Gasteiger partial charge in [0.1, 0.15) is 0 Å². The largest absolute Gasteiger partial charge is 0.378 e. The number of aromatic amines is 1. The zero-order valence-electron chi connectivity index (χ0n) is 11.1. The fraction of sp³-hybridized carbons (Fsp3) is 0.727. The molecule has 0 aromatic carbocycles. The zero-order valence-corrected chi connectivity index (χ0v) is 12.0. The van der Waals surface area contributed by atoms with Gasteiger partial charge in [-0.1, -0.05) is 0 Å². The van der Waals surface area contributed by atoms with Crippen LogP contribution in [0.2, 0.25) is 0 Å². The van der Waals surface area contributed by atoms with Gasteiger partial charge in [-0.25, -0.2) is 13.1 Å². The number of sulfonamides is 1. The molecule has 0 spiro atoms. The number of nitrogens with two attached hydrogens (primary N) is 1. The minimum atomic E-state index is -3.63. The molecule has 0 bridgehead atoms. The molecule has 7 nitrogen and oxygen atoms in total. The second-order valence-electron chi connectivity index (χ2n) is 4.86. The predicted molar refractivity (Wildman–Crippen MR) is 70.0 cm³/mol. The summed E-state index contributed by atoms with van der Waals surface area (Å²) in [6, 6.07) is -0.114. The maximum absolute atomic E-state index is 12.3. The lowest BCUT2D eigenvalue weighted by Crippen LogP contribution is -2.41. The van der Waals surface area contributed by atoms with Crippen molar-refractivity contribution in [2.24, 2.45) is 5.73 Å². The second kappa shape index (κ2) is 5.58. The lowest BCUT2D eigenvalue weighted by Gasteiger charge is -2.27. The highest BCUT2D eigenvalue weighted by atomic mass is 32.2. The molecule has 0 aliphatic carbocycles. The van der Waals surface area contributed by atoms with Crippen molar-refractivity contribution in [2.75, 3.05) is 6.61 Å². The van der Waals surface area contributed by atoms with Crippen LogP contribution in [0.1, 0.15) is 31.0 Å². The lowest BCUT2D eigenvalue weighted by molar-refractivity contribution is 0.0173. The molecule has 0 amide bonds. The fourth-order valence-electron chi connectivity index (χ4n) is 2.27. The Kier molecular flexibility index (Phi) is 4.24. The third-order valence-electron chi connectivity index (χ3n) is 3.30. The molecule has 0 radical (unpaired) electrons. The van der Waals surface area contributed by atoms with E-state index in [9.17, 15) is 8.42 Å². The van der Waals surface area contributed by atoms with Crippen LogP contribution in [0.4, 0.5) is 0 Å². The Labute approximate surface area is 113 Å². The lowest BCUT2D eigenvalue weighted by atomic mass is 10.1. The highest BCUT2D eigenvalue weighted by molar-refractivity contribution is 7.89. The molecule has 1 saturated heterocycles. The van der Waals surface area contributed by atoms with E-state index < -0.39 is 10.0 Å². The van der Waals surface area contributed by atoms with Gasteiger partial charge in [0.25, 0.3) is 10.0 Å². The molecule has 1 fully saturated rings. The Balaban J connectivity index is 2.18. The van der Waals surface area contributed by atoms with E-state index in [-0.39, 0.29) is 23.7 Å². The fourth-order valence-corrected chi connectivity index (χ4v) is 3.76. The van der Waals surface area contributed by atoms with Gasteiger partial charge in [0.15, 0.2) is 5.03 Å². The summed E-state index contributed by atoms with van der Waals surface area (Å²) in [6.45, 7) is 4.40. The first kappa shape index (κ1) is 14.4. The van der Waals surface area contributed by atoms with Gasteiger partial charge in [-0.2, -0.15) is 5.10 Å². The minimum Gasteiger partial charge on any atom is -0.378 e. The molecule has 1 aliphatic rings. The first-order valence-corrected chi connectivity index (χ1v) is 7.80. The van der Waals surface area contributed by atoms with Crippen LogP contribution in [0, 0.1) is 6.92 Å². The van der Waals surface area contributed by atoms with Crippen LogP contribution in [0.15, 0.2) is 5.03 Å². The zero-order chi connectivity index (χ0) is 14.0. The summed E-state index contributed by atoms with van der Waals surface area (Å²) >= 11 is 0. The average molecular weight is 288 g/mol. The van der Waals surface area contributed by atoms with Crippen molar-refractivity contribution >= 4 is 10.0 Å². The van der Waals surface area contributed by atoms with Crippen LogP contribution in [0.25, 0.3) is 0 Å². The average Bonchev–Trinajstić information content (AvgIpc) is 2.70. The summed E-state index contributed by atoms with van der Waals surface area (Å²) in [5.74, 6) is 0. The van der Waals surface area contributed by atoms with Gasteiger partial charge >= 0.3 is 0 Å². The second-order valence-corrected chi connectivity index (χ2v) is 6.49. The molecule has 19 heavy (non-hydrogen) atoms. The molecule has 4 N–H and O–H groups in total. The van der Waals surface area contributed by atoms with Gasteiger partial charge in [0, 0.05) is 30.5 Å². The van der Waals surface area contributed by atoms with Crippen LogP contribution in [-0.4, -0.2) is 37.4 Å². The summed E-state index contributed by atoms with van der Waals surface area (Å²) in [4.78, 5) is 0. The maximum atomic E-state index is 12.3. The minimum absolute atomic E-state index is 0.00615. The van der Waals surface area contributed by atoms with E-state index in [0.29, 0.717) is 30.7 Å². The highest BCUT2D eigenvalue weighted by Gasteiger charge is 2.28. The highest BCUT2D eigenvalue weighted by Crippen LogP contribution is 2.19. The summed E-state index contributed by atoms with van der Waals surface area (Å²) in [5.41, 5.74) is 6.79. The van der Waals surface area contributed by atoms with E-state index in [0.717, 1.165) is 0 Å². The number of rotatable bonds is 4. The molecule has 1 aromatic heterocycles. The van der Waals surface area contributed by atoms with Crippen molar-refractivity contribution in [3.8, 4) is 0 Å². The first-order valence-electron chi connectivity index (χ1n) is 6.32. The molecular formula is C11H20N4O3S. The van der Waals surface area contributed by atoms with Crippen molar-refractivity contribution in [2.45, 2.75) is 50.4 Å². The van der Waals surface area contributed by atoms with Gasteiger partial charge < -0.3 is 10.5 Å². The molecule has 2 rings (SSSR count). The van der Waals surface area contributed by atoms with Crippen LogP contribution in [0.5, 0.6) is 0 Å².